The van der Waals surface area contributed by atoms with Gasteiger partial charge < -0.3 is 10.6 Å². The fourth-order valence-electron chi connectivity index (χ4n) is 1.97. The summed E-state index contributed by atoms with van der Waals surface area (Å²) in [5.41, 5.74) is 2.11. The van der Waals surface area contributed by atoms with Crippen molar-refractivity contribution in [3.63, 3.8) is 0 Å². The van der Waals surface area contributed by atoms with Crippen LogP contribution in [-0.2, 0) is 15.8 Å². The van der Waals surface area contributed by atoms with E-state index < -0.39 is 11.0 Å². The van der Waals surface area contributed by atoms with Gasteiger partial charge in [-0.15, -0.1) is 0 Å². The molecule has 1 unspecified atom stereocenters. The van der Waals surface area contributed by atoms with E-state index in [-0.39, 0.29) is 0 Å². The lowest BCUT2D eigenvalue weighted by molar-refractivity contribution is -0.109. The average molecular weight is 364 g/mol. The molecule has 1 atom stereocenters. The number of nitrogens with one attached hydrogen (secondary N) is 2. The SMILES string of the molecule is Cc1ccc(Cl)cc1.O=CNCCNC1=NS(=O)c2ccccc21. The smallest absolute Gasteiger partial charge is 0.207 e. The predicted molar refractivity (Wildman–Crippen MR) is 97.6 cm³/mol. The van der Waals surface area contributed by atoms with Crippen molar-refractivity contribution in [1.82, 2.24) is 10.6 Å². The van der Waals surface area contributed by atoms with E-state index >= 15 is 0 Å². The fourth-order valence-corrected chi connectivity index (χ4v) is 3.07. The van der Waals surface area contributed by atoms with Gasteiger partial charge in [-0.1, -0.05) is 41.4 Å². The van der Waals surface area contributed by atoms with Crippen LogP contribution in [0.5, 0.6) is 0 Å². The summed E-state index contributed by atoms with van der Waals surface area (Å²) in [4.78, 5) is 10.8. The van der Waals surface area contributed by atoms with Crippen molar-refractivity contribution in [3.05, 3.63) is 64.7 Å². The van der Waals surface area contributed by atoms with E-state index in [1.165, 1.54) is 5.56 Å². The van der Waals surface area contributed by atoms with Crippen LogP contribution in [-0.4, -0.2) is 29.5 Å². The van der Waals surface area contributed by atoms with Gasteiger partial charge >= 0.3 is 0 Å². The maximum atomic E-state index is 11.6. The molecule has 0 bridgehead atoms. The minimum absolute atomic E-state index is 0.511. The standard InChI is InChI=1S/C10H11N3O2S.C7H7Cl/c14-7-11-5-6-12-10-8-3-1-2-4-9(8)16(15)13-10;1-6-2-4-7(8)5-3-6/h1-4,7H,5-6H2,(H,11,14)(H,12,13);2-5H,1H3. The Bertz CT molecular complexity index is 727. The summed E-state index contributed by atoms with van der Waals surface area (Å²) in [6, 6.07) is 15.1. The van der Waals surface area contributed by atoms with Crippen molar-refractivity contribution < 1.29 is 9.00 Å². The van der Waals surface area contributed by atoms with E-state index in [2.05, 4.69) is 15.0 Å². The molecule has 1 amide bonds. The average Bonchev–Trinajstić information content (AvgIpc) is 2.92. The fraction of sp³-hybridized carbons (Fsp3) is 0.176. The van der Waals surface area contributed by atoms with Gasteiger partial charge in [0.2, 0.25) is 6.41 Å². The van der Waals surface area contributed by atoms with Crippen LogP contribution in [0.2, 0.25) is 5.02 Å². The molecule has 2 N–H and O–H groups in total. The largest absolute Gasteiger partial charge is 0.367 e. The molecule has 7 heteroatoms. The molecule has 0 spiro atoms. The third-order valence-corrected chi connectivity index (χ3v) is 4.49. The van der Waals surface area contributed by atoms with Crippen molar-refractivity contribution in [1.29, 1.82) is 0 Å². The Morgan fingerprint density at radius 2 is 1.83 bits per heavy atom. The quantitative estimate of drug-likeness (QED) is 0.647. The molecular weight excluding hydrogens is 346 g/mol. The molecule has 0 fully saturated rings. The lowest BCUT2D eigenvalue weighted by Gasteiger charge is -2.05. The topological polar surface area (TPSA) is 70.6 Å². The Morgan fingerprint density at radius 1 is 1.12 bits per heavy atom. The summed E-state index contributed by atoms with van der Waals surface area (Å²) in [5.74, 6) is 0.627. The number of aryl methyl sites for hydroxylation is 1. The molecule has 1 aliphatic rings. The third-order valence-electron chi connectivity index (χ3n) is 3.16. The molecule has 126 valence electrons. The number of rotatable bonds is 4. The van der Waals surface area contributed by atoms with Crippen LogP contribution in [0.15, 0.2) is 57.8 Å². The molecule has 0 radical (unpaired) electrons. The first-order valence-electron chi connectivity index (χ1n) is 7.35. The van der Waals surface area contributed by atoms with Crippen molar-refractivity contribution in [2.75, 3.05) is 13.1 Å². The number of nitrogens with zero attached hydrogens (tertiary/aromatic N) is 1. The molecule has 0 aromatic heterocycles. The molecule has 0 saturated heterocycles. The van der Waals surface area contributed by atoms with Crippen molar-refractivity contribution in [2.24, 2.45) is 4.40 Å². The van der Waals surface area contributed by atoms with Gasteiger partial charge in [-0.25, -0.2) is 4.21 Å². The molecule has 2 aromatic rings. The van der Waals surface area contributed by atoms with Crippen LogP contribution in [0.4, 0.5) is 0 Å². The summed E-state index contributed by atoms with van der Waals surface area (Å²) in [6.45, 7) is 3.11. The molecule has 1 aliphatic heterocycles. The lowest BCUT2D eigenvalue weighted by Crippen LogP contribution is -2.31. The van der Waals surface area contributed by atoms with Crippen LogP contribution in [0.25, 0.3) is 0 Å². The summed E-state index contributed by atoms with van der Waals surface area (Å²) >= 11 is 5.61. The highest BCUT2D eigenvalue weighted by Crippen LogP contribution is 2.21. The Morgan fingerprint density at radius 3 is 2.50 bits per heavy atom. The molecule has 0 saturated carbocycles. The third kappa shape index (κ3) is 5.18. The second-order valence-corrected chi connectivity index (χ2v) is 6.54. The normalized spacial score (nSPS) is 14.8. The second-order valence-electron chi connectivity index (χ2n) is 4.98. The number of benzene rings is 2. The zero-order chi connectivity index (χ0) is 17.4. The number of amidine groups is 1. The zero-order valence-corrected chi connectivity index (χ0v) is 14.7. The van der Waals surface area contributed by atoms with Gasteiger partial charge in [0.15, 0.2) is 11.0 Å². The monoisotopic (exact) mass is 363 g/mol. The minimum atomic E-state index is -1.30. The molecule has 1 heterocycles. The molecule has 0 aliphatic carbocycles. The van der Waals surface area contributed by atoms with Crippen LogP contribution in [0.3, 0.4) is 0 Å². The van der Waals surface area contributed by atoms with E-state index in [1.54, 1.807) is 6.07 Å². The number of amides is 1. The molecular formula is C17H18ClN3O2S. The number of carbonyl (C=O) groups excluding carboxylic acids is 1. The number of fused-ring (bicyclic) bond motifs is 1. The number of hydrogen-bond donors (Lipinski definition) is 2. The minimum Gasteiger partial charge on any atom is -0.367 e. The van der Waals surface area contributed by atoms with E-state index in [1.807, 2.05) is 49.4 Å². The van der Waals surface area contributed by atoms with Crippen LogP contribution >= 0.6 is 11.6 Å². The Labute approximate surface area is 148 Å². The number of halogens is 1. The van der Waals surface area contributed by atoms with Crippen molar-refractivity contribution >= 4 is 34.8 Å². The molecule has 3 rings (SSSR count). The summed E-state index contributed by atoms with van der Waals surface area (Å²) in [5, 5.41) is 6.37. The van der Waals surface area contributed by atoms with Gasteiger partial charge in [-0.3, -0.25) is 4.79 Å². The van der Waals surface area contributed by atoms with Gasteiger partial charge in [0.1, 0.15) is 5.84 Å². The highest BCUT2D eigenvalue weighted by molar-refractivity contribution is 7.84. The first kappa shape index (κ1) is 18.2. The molecule has 24 heavy (non-hydrogen) atoms. The van der Waals surface area contributed by atoms with E-state index in [4.69, 9.17) is 11.6 Å². The van der Waals surface area contributed by atoms with Gasteiger partial charge in [-0.2, -0.15) is 4.40 Å². The Hall–Kier alpha value is -2.18. The van der Waals surface area contributed by atoms with Crippen molar-refractivity contribution in [2.45, 2.75) is 11.8 Å². The van der Waals surface area contributed by atoms with Gasteiger partial charge in [0.05, 0.1) is 4.90 Å². The van der Waals surface area contributed by atoms with Gasteiger partial charge in [0.25, 0.3) is 0 Å². The number of hydrogen-bond acceptors (Lipinski definition) is 3. The van der Waals surface area contributed by atoms with Gasteiger partial charge in [-0.05, 0) is 31.2 Å². The first-order chi connectivity index (χ1) is 11.6. The van der Waals surface area contributed by atoms with Crippen LogP contribution in [0.1, 0.15) is 11.1 Å². The second kappa shape index (κ2) is 9.20. The number of carbonyl (C=O) groups is 1. The maximum absolute atomic E-state index is 11.6. The van der Waals surface area contributed by atoms with Crippen molar-refractivity contribution in [3.8, 4) is 0 Å². The molecule has 2 aromatic carbocycles. The van der Waals surface area contributed by atoms with E-state index in [0.717, 1.165) is 15.5 Å². The predicted octanol–water partition coefficient (Wildman–Crippen LogP) is 2.45. The highest BCUT2D eigenvalue weighted by atomic mass is 35.5. The van der Waals surface area contributed by atoms with Crippen LogP contribution in [0, 0.1) is 6.92 Å². The summed E-state index contributed by atoms with van der Waals surface area (Å²) in [7, 11) is -1.30. The van der Waals surface area contributed by atoms with E-state index in [0.29, 0.717) is 25.3 Å². The summed E-state index contributed by atoms with van der Waals surface area (Å²) < 4.78 is 15.6. The summed E-state index contributed by atoms with van der Waals surface area (Å²) in [6.07, 6.45) is 0.643. The maximum Gasteiger partial charge on any atom is 0.207 e. The van der Waals surface area contributed by atoms with Crippen LogP contribution < -0.4 is 10.6 Å². The Kier molecular flexibility index (Phi) is 6.96. The zero-order valence-electron chi connectivity index (χ0n) is 13.2. The molecule has 5 nitrogen and oxygen atoms in total. The first-order valence-corrected chi connectivity index (χ1v) is 8.83. The lowest BCUT2D eigenvalue weighted by atomic mass is 10.2. The van der Waals surface area contributed by atoms with E-state index in [9.17, 15) is 9.00 Å². The van der Waals surface area contributed by atoms with Gasteiger partial charge in [0, 0.05) is 23.7 Å². The Balaban J connectivity index is 0.000000219. The highest BCUT2D eigenvalue weighted by Gasteiger charge is 2.20.